The quantitative estimate of drug-likeness (QED) is 0.181. The molecule has 0 unspecified atom stereocenters. The van der Waals surface area contributed by atoms with Gasteiger partial charge in [0.25, 0.3) is 5.91 Å². The molecule has 0 aliphatic carbocycles. The topological polar surface area (TPSA) is 80.6 Å². The molecule has 0 aliphatic heterocycles. The highest BCUT2D eigenvalue weighted by Crippen LogP contribution is 2.35. The molecule has 1 N–H and O–H groups in total. The number of carbonyl (C=O) groups excluding carboxylic acids is 1. The molecule has 0 saturated heterocycles. The van der Waals surface area contributed by atoms with Crippen LogP contribution in [0.25, 0.3) is 6.08 Å². The zero-order valence-corrected chi connectivity index (χ0v) is 21.0. The molecule has 0 fully saturated rings. The monoisotopic (exact) mass is 502 g/mol. The number of nitrogens with zero attached hydrogens (tertiary/aromatic N) is 1. The predicted octanol–water partition coefficient (Wildman–Crippen LogP) is 6.60. The van der Waals surface area contributed by atoms with Gasteiger partial charge in [-0.2, -0.15) is 5.26 Å². The predicted molar refractivity (Wildman–Crippen MR) is 143 cm³/mol. The van der Waals surface area contributed by atoms with Gasteiger partial charge in [0, 0.05) is 16.3 Å². The van der Waals surface area contributed by atoms with Crippen LogP contribution in [0.2, 0.25) is 5.02 Å². The van der Waals surface area contributed by atoms with Gasteiger partial charge in [0.05, 0.1) is 13.7 Å². The van der Waals surface area contributed by atoms with E-state index in [2.05, 4.69) is 11.9 Å². The fraction of sp³-hybridized carbons (Fsp3) is 0.172. The number of hydrogen-bond acceptors (Lipinski definition) is 5. The van der Waals surface area contributed by atoms with Gasteiger partial charge in [0.15, 0.2) is 11.5 Å². The fourth-order valence-electron chi connectivity index (χ4n) is 3.42. The highest BCUT2D eigenvalue weighted by atomic mass is 35.5. The Balaban J connectivity index is 1.90. The van der Waals surface area contributed by atoms with Crippen molar-refractivity contribution in [2.24, 2.45) is 0 Å². The van der Waals surface area contributed by atoms with Crippen molar-refractivity contribution >= 4 is 29.3 Å². The van der Waals surface area contributed by atoms with Crippen LogP contribution in [-0.2, 0) is 17.8 Å². The second-order valence-corrected chi connectivity index (χ2v) is 8.14. The fourth-order valence-corrected chi connectivity index (χ4v) is 3.55. The third-order valence-corrected chi connectivity index (χ3v) is 5.39. The van der Waals surface area contributed by atoms with Crippen molar-refractivity contribution in [3.05, 3.63) is 101 Å². The summed E-state index contributed by atoms with van der Waals surface area (Å²) in [5.41, 5.74) is 2.92. The Morgan fingerprint density at radius 3 is 2.44 bits per heavy atom. The van der Waals surface area contributed by atoms with Crippen LogP contribution in [0.4, 0.5) is 5.69 Å². The number of halogens is 1. The minimum atomic E-state index is -0.519. The van der Waals surface area contributed by atoms with Gasteiger partial charge in [0.2, 0.25) is 0 Å². The van der Waals surface area contributed by atoms with E-state index in [0.29, 0.717) is 53.2 Å². The van der Waals surface area contributed by atoms with E-state index >= 15 is 0 Å². The van der Waals surface area contributed by atoms with Gasteiger partial charge in [-0.3, -0.25) is 4.79 Å². The summed E-state index contributed by atoms with van der Waals surface area (Å²) >= 11 is 5.98. The first-order valence-corrected chi connectivity index (χ1v) is 11.7. The lowest BCUT2D eigenvalue weighted by atomic mass is 10.0. The lowest BCUT2D eigenvalue weighted by Crippen LogP contribution is -2.13. The first-order chi connectivity index (χ1) is 17.5. The van der Waals surface area contributed by atoms with Crippen LogP contribution in [0.3, 0.4) is 0 Å². The van der Waals surface area contributed by atoms with Gasteiger partial charge < -0.3 is 19.5 Å². The third-order valence-electron chi connectivity index (χ3n) is 5.14. The van der Waals surface area contributed by atoms with E-state index in [0.717, 1.165) is 11.1 Å². The van der Waals surface area contributed by atoms with Gasteiger partial charge in [-0.05, 0) is 79.1 Å². The summed E-state index contributed by atoms with van der Waals surface area (Å²) in [5.74, 6) is 1.25. The summed E-state index contributed by atoms with van der Waals surface area (Å²) in [4.78, 5) is 12.8. The van der Waals surface area contributed by atoms with Gasteiger partial charge in [-0.15, -0.1) is 6.58 Å². The zero-order chi connectivity index (χ0) is 25.9. The van der Waals surface area contributed by atoms with E-state index in [4.69, 9.17) is 25.8 Å². The van der Waals surface area contributed by atoms with Crippen molar-refractivity contribution in [2.45, 2.75) is 20.0 Å². The average molecular weight is 503 g/mol. The molecule has 0 aromatic heterocycles. The summed E-state index contributed by atoms with van der Waals surface area (Å²) < 4.78 is 17.1. The Hall–Kier alpha value is -4.21. The van der Waals surface area contributed by atoms with E-state index in [1.54, 1.807) is 43.5 Å². The van der Waals surface area contributed by atoms with Gasteiger partial charge in [0.1, 0.15) is 24.0 Å². The Morgan fingerprint density at radius 1 is 1.11 bits per heavy atom. The molecule has 3 aromatic carbocycles. The Bertz CT molecular complexity index is 1280. The average Bonchev–Trinajstić information content (AvgIpc) is 2.88. The Kier molecular flexibility index (Phi) is 9.56. The van der Waals surface area contributed by atoms with E-state index < -0.39 is 5.91 Å². The summed E-state index contributed by atoms with van der Waals surface area (Å²) in [6, 6.07) is 19.9. The SMILES string of the molecule is C=CCc1cc(/C=C(/C#N)C(=O)Nc2ccc(OC)cc2)cc(OCC)c1OCc1ccc(Cl)cc1. The molecule has 0 heterocycles. The van der Waals surface area contributed by atoms with Crippen molar-refractivity contribution in [1.29, 1.82) is 5.26 Å². The largest absolute Gasteiger partial charge is 0.497 e. The van der Waals surface area contributed by atoms with Crippen LogP contribution in [0.5, 0.6) is 17.2 Å². The molecule has 184 valence electrons. The third kappa shape index (κ3) is 7.14. The maximum Gasteiger partial charge on any atom is 0.266 e. The minimum Gasteiger partial charge on any atom is -0.497 e. The lowest BCUT2D eigenvalue weighted by Gasteiger charge is -2.17. The van der Waals surface area contributed by atoms with E-state index in [1.807, 2.05) is 43.3 Å². The first-order valence-electron chi connectivity index (χ1n) is 11.3. The molecule has 0 radical (unpaired) electrons. The maximum absolute atomic E-state index is 12.8. The molecule has 0 saturated carbocycles. The molecule has 0 bridgehead atoms. The van der Waals surface area contributed by atoms with Gasteiger partial charge in [-0.25, -0.2) is 0 Å². The molecule has 3 rings (SSSR count). The number of nitriles is 1. The number of nitrogens with one attached hydrogen (secondary N) is 1. The zero-order valence-electron chi connectivity index (χ0n) is 20.2. The number of methoxy groups -OCH3 is 1. The highest BCUT2D eigenvalue weighted by molar-refractivity contribution is 6.30. The first kappa shape index (κ1) is 26.4. The smallest absolute Gasteiger partial charge is 0.266 e. The molecular weight excluding hydrogens is 476 g/mol. The number of allylic oxidation sites excluding steroid dienone is 1. The molecule has 0 atom stereocenters. The second kappa shape index (κ2) is 13.0. The van der Waals surface area contributed by atoms with E-state index in [1.165, 1.54) is 6.08 Å². The van der Waals surface area contributed by atoms with Crippen LogP contribution in [0.1, 0.15) is 23.6 Å². The van der Waals surface area contributed by atoms with Crippen molar-refractivity contribution in [3.63, 3.8) is 0 Å². The molecule has 1 amide bonds. The summed E-state index contributed by atoms with van der Waals surface area (Å²) in [5, 5.41) is 13.1. The van der Waals surface area contributed by atoms with Gasteiger partial charge >= 0.3 is 0 Å². The summed E-state index contributed by atoms with van der Waals surface area (Å²) in [6.07, 6.45) is 3.80. The number of ether oxygens (including phenoxy) is 3. The van der Waals surface area contributed by atoms with Crippen molar-refractivity contribution in [2.75, 3.05) is 19.0 Å². The summed E-state index contributed by atoms with van der Waals surface area (Å²) in [6.45, 7) is 6.46. The minimum absolute atomic E-state index is 0.0485. The number of rotatable bonds is 11. The van der Waals surface area contributed by atoms with Crippen molar-refractivity contribution < 1.29 is 19.0 Å². The molecule has 0 spiro atoms. The van der Waals surface area contributed by atoms with Crippen molar-refractivity contribution in [3.8, 4) is 23.3 Å². The molecular formula is C29H27ClN2O4. The number of amides is 1. The Morgan fingerprint density at radius 2 is 1.83 bits per heavy atom. The van der Waals surface area contributed by atoms with E-state index in [-0.39, 0.29) is 5.57 Å². The number of benzene rings is 3. The van der Waals surface area contributed by atoms with Crippen LogP contribution in [0, 0.1) is 11.3 Å². The van der Waals surface area contributed by atoms with Crippen LogP contribution >= 0.6 is 11.6 Å². The molecule has 7 heteroatoms. The number of hydrogen-bond donors (Lipinski definition) is 1. The molecule has 6 nitrogen and oxygen atoms in total. The van der Waals surface area contributed by atoms with Crippen molar-refractivity contribution in [1.82, 2.24) is 0 Å². The van der Waals surface area contributed by atoms with Crippen LogP contribution < -0.4 is 19.5 Å². The summed E-state index contributed by atoms with van der Waals surface area (Å²) in [7, 11) is 1.56. The van der Waals surface area contributed by atoms with Gasteiger partial charge in [-0.1, -0.05) is 29.8 Å². The molecule has 36 heavy (non-hydrogen) atoms. The molecule has 0 aliphatic rings. The second-order valence-electron chi connectivity index (χ2n) is 7.70. The highest BCUT2D eigenvalue weighted by Gasteiger charge is 2.15. The standard InChI is InChI=1S/C29H27ClN2O4/c1-4-6-22-15-21(16-23(18-31)29(33)32-25-11-13-26(34-3)14-12-25)17-27(35-5-2)28(22)36-19-20-7-9-24(30)10-8-20/h4,7-17H,1,5-6,19H2,2-3H3,(H,32,33)/b23-16-. The lowest BCUT2D eigenvalue weighted by molar-refractivity contribution is -0.112. The van der Waals surface area contributed by atoms with Crippen LogP contribution in [-0.4, -0.2) is 19.6 Å². The van der Waals surface area contributed by atoms with Crippen LogP contribution in [0.15, 0.2) is 78.9 Å². The maximum atomic E-state index is 12.8. The molecule has 3 aromatic rings. The van der Waals surface area contributed by atoms with E-state index in [9.17, 15) is 10.1 Å². The number of carbonyl (C=O) groups is 1. The normalized spacial score (nSPS) is 10.8. The Labute approximate surface area is 216 Å². The number of anilines is 1.